The molecule has 0 saturated carbocycles. The molecule has 0 aliphatic carbocycles. The Balaban J connectivity index is 1.59. The van der Waals surface area contributed by atoms with Gasteiger partial charge in [-0.2, -0.15) is 13.2 Å². The zero-order valence-electron chi connectivity index (χ0n) is 35.4. The minimum atomic E-state index is -4.69. The zero-order chi connectivity index (χ0) is 43.3. The number of alkyl halides is 3. The number of carbonyl (C=O) groups is 2. The molecular weight excluding hydrogens is 757 g/mol. The van der Waals surface area contributed by atoms with Crippen LogP contribution in [0.1, 0.15) is 91.1 Å². The summed E-state index contributed by atoms with van der Waals surface area (Å²) in [7, 11) is 2.85. The van der Waals surface area contributed by atoms with Crippen LogP contribution in [0.4, 0.5) is 13.2 Å². The Bertz CT molecular complexity index is 1730. The number of ether oxygens (including phenoxy) is 5. The van der Waals surface area contributed by atoms with Crippen LogP contribution < -0.4 is 0 Å². The van der Waals surface area contributed by atoms with Crippen LogP contribution in [-0.4, -0.2) is 85.3 Å². The number of carbonyl (C=O) groups excluding carboxylic acids is 2. The number of aliphatic hydroxyl groups is 2. The lowest BCUT2D eigenvalue weighted by Crippen LogP contribution is -2.52. The van der Waals surface area contributed by atoms with Crippen molar-refractivity contribution in [1.82, 2.24) is 0 Å². The van der Waals surface area contributed by atoms with Gasteiger partial charge in [-0.3, -0.25) is 0 Å². The van der Waals surface area contributed by atoms with Gasteiger partial charge in [-0.15, -0.1) is 10.2 Å². The number of hydrogen-bond acceptors (Lipinski definition) is 11. The Hall–Kier alpha value is -3.85. The Kier molecular flexibility index (Phi) is 15.7. The van der Waals surface area contributed by atoms with Crippen molar-refractivity contribution in [3.8, 4) is 0 Å². The van der Waals surface area contributed by atoms with Crippen molar-refractivity contribution < 1.29 is 56.7 Å². The standard InChI is InChI=1S/C44H61F3N2O9/c1-23(2)39-29(8)35(57-41(52)31-15-17-32(18-16-31)43(48-49-43)44(45,46)47)22-34(56-39)28(7)38(51)30(9)40-33(54-10)14-12-13-24(3)19-26(5)37(50)27(6)20-25(4)21-36(55-11)42(53)58-40/h12-18,20-21,23,26-30,33-35,37-40,50-51H,19,22H2,1-11H3/b14-12+,24-13+,25-20+,36-21-/t26-,27+,28+,29-,30-,33-,34+,35+,37-,38-,39+,40+/m0/s1. The minimum Gasteiger partial charge on any atom is -0.490 e. The lowest BCUT2D eigenvalue weighted by molar-refractivity contribution is -0.185. The minimum absolute atomic E-state index is 0.00390. The van der Waals surface area contributed by atoms with E-state index in [1.54, 1.807) is 19.1 Å². The second kappa shape index (κ2) is 19.5. The van der Waals surface area contributed by atoms with E-state index in [4.69, 9.17) is 23.7 Å². The molecule has 12 atom stereocenters. The highest BCUT2D eigenvalue weighted by molar-refractivity contribution is 5.89. The number of hydrogen-bond donors (Lipinski definition) is 2. The van der Waals surface area contributed by atoms with Crippen LogP contribution in [0.25, 0.3) is 0 Å². The molecule has 1 saturated heterocycles. The molecule has 3 aliphatic heterocycles. The van der Waals surface area contributed by atoms with Gasteiger partial charge in [0.05, 0.1) is 37.1 Å². The lowest BCUT2D eigenvalue weighted by Gasteiger charge is -2.45. The lowest BCUT2D eigenvalue weighted by atomic mass is 9.78. The average molecular weight is 819 g/mol. The highest BCUT2D eigenvalue weighted by Crippen LogP contribution is 2.52. The monoisotopic (exact) mass is 818 g/mol. The molecule has 0 spiro atoms. The van der Waals surface area contributed by atoms with Crippen molar-refractivity contribution in [1.29, 1.82) is 0 Å². The SMILES string of the molecule is CO/C1=C\C(C)=C\[C@@H](C)[C@@H](O)[C@@H](C)C/C(C)=C/C=C/[C@H](OC)[C@@H]([C@@H](C)[C@@H](O)[C@H](C)[C@H]2C[C@@H](OC(=O)c3ccc(C4(C(F)(F)F)N=N4)cc3)[C@H](C)[C@@H](C(C)C)O2)OC1=O. The molecule has 1 aromatic rings. The summed E-state index contributed by atoms with van der Waals surface area (Å²) in [5, 5.41) is 29.5. The van der Waals surface area contributed by atoms with Crippen molar-refractivity contribution in [2.75, 3.05) is 14.2 Å². The number of nitrogens with zero attached hydrogens (tertiary/aromatic N) is 2. The van der Waals surface area contributed by atoms with Gasteiger partial charge in [0.15, 0.2) is 0 Å². The van der Waals surface area contributed by atoms with E-state index < -0.39 is 72.2 Å². The van der Waals surface area contributed by atoms with E-state index in [0.717, 1.165) is 5.57 Å². The Labute approximate surface area is 340 Å². The summed E-state index contributed by atoms with van der Waals surface area (Å²) in [6.07, 6.45) is -0.0106. The summed E-state index contributed by atoms with van der Waals surface area (Å²) in [6, 6.07) is 4.89. The average Bonchev–Trinajstić information content (AvgIpc) is 4.00. The number of cyclic esters (lactones) is 1. The third-order valence-corrected chi connectivity index (χ3v) is 11.8. The summed E-state index contributed by atoms with van der Waals surface area (Å²) < 4.78 is 70.7. The quantitative estimate of drug-likeness (QED) is 0.222. The molecule has 0 bridgehead atoms. The fraction of sp³-hybridized carbons (Fsp3) is 0.636. The molecule has 0 amide bonds. The van der Waals surface area contributed by atoms with Crippen molar-refractivity contribution in [3.63, 3.8) is 0 Å². The van der Waals surface area contributed by atoms with E-state index in [1.165, 1.54) is 38.5 Å². The molecule has 3 heterocycles. The molecule has 14 heteroatoms. The highest BCUT2D eigenvalue weighted by atomic mass is 19.4. The predicted octanol–water partition coefficient (Wildman–Crippen LogP) is 8.42. The first-order valence-corrected chi connectivity index (χ1v) is 20.0. The van der Waals surface area contributed by atoms with Gasteiger partial charge in [0.25, 0.3) is 0 Å². The van der Waals surface area contributed by atoms with Crippen molar-refractivity contribution in [2.24, 2.45) is 45.7 Å². The first-order chi connectivity index (χ1) is 27.1. The van der Waals surface area contributed by atoms with Gasteiger partial charge < -0.3 is 33.9 Å². The Morgan fingerprint density at radius 2 is 1.64 bits per heavy atom. The molecule has 0 aromatic heterocycles. The maximum absolute atomic E-state index is 13.7. The fourth-order valence-corrected chi connectivity index (χ4v) is 8.17. The number of rotatable bonds is 10. The number of methoxy groups -OCH3 is 2. The van der Waals surface area contributed by atoms with Crippen LogP contribution >= 0.6 is 0 Å². The molecule has 58 heavy (non-hydrogen) atoms. The van der Waals surface area contributed by atoms with E-state index in [-0.39, 0.29) is 53.1 Å². The Morgan fingerprint density at radius 3 is 2.19 bits per heavy atom. The molecule has 4 rings (SSSR count). The van der Waals surface area contributed by atoms with E-state index in [1.807, 2.05) is 73.6 Å². The second-order valence-corrected chi connectivity index (χ2v) is 16.7. The number of halogens is 3. The van der Waals surface area contributed by atoms with Crippen molar-refractivity contribution in [3.05, 3.63) is 82.7 Å². The summed E-state index contributed by atoms with van der Waals surface area (Å²) in [4.78, 5) is 27.2. The highest BCUT2D eigenvalue weighted by Gasteiger charge is 2.65. The maximum atomic E-state index is 13.7. The van der Waals surface area contributed by atoms with Gasteiger partial charge in [0, 0.05) is 42.8 Å². The molecule has 1 fully saturated rings. The summed E-state index contributed by atoms with van der Waals surface area (Å²) >= 11 is 0. The summed E-state index contributed by atoms with van der Waals surface area (Å²) in [5.74, 6) is -3.30. The topological polar surface area (TPSA) is 145 Å². The molecule has 0 unspecified atom stereocenters. The maximum Gasteiger partial charge on any atom is 0.442 e. The third kappa shape index (κ3) is 10.8. The number of allylic oxidation sites excluding steroid dienone is 5. The first-order valence-electron chi connectivity index (χ1n) is 20.0. The predicted molar refractivity (Wildman–Crippen MR) is 211 cm³/mol. The fourth-order valence-electron chi connectivity index (χ4n) is 8.17. The zero-order valence-corrected chi connectivity index (χ0v) is 35.4. The van der Waals surface area contributed by atoms with Crippen LogP contribution in [0.2, 0.25) is 0 Å². The molecule has 2 N–H and O–H groups in total. The van der Waals surface area contributed by atoms with Gasteiger partial charge in [-0.1, -0.05) is 96.0 Å². The first kappa shape index (κ1) is 46.8. The summed E-state index contributed by atoms with van der Waals surface area (Å²) in [5.41, 5.74) is -0.991. The summed E-state index contributed by atoms with van der Waals surface area (Å²) in [6.45, 7) is 17.2. The van der Waals surface area contributed by atoms with Crippen LogP contribution in [0, 0.1) is 35.5 Å². The molecule has 0 radical (unpaired) electrons. The van der Waals surface area contributed by atoms with Gasteiger partial charge in [-0.25, -0.2) is 9.59 Å². The Morgan fingerprint density at radius 1 is 1.00 bits per heavy atom. The smallest absolute Gasteiger partial charge is 0.442 e. The number of benzene rings is 1. The van der Waals surface area contributed by atoms with Crippen LogP contribution in [0.3, 0.4) is 0 Å². The van der Waals surface area contributed by atoms with Crippen LogP contribution in [-0.2, 0) is 34.1 Å². The van der Waals surface area contributed by atoms with Crippen molar-refractivity contribution >= 4 is 11.9 Å². The van der Waals surface area contributed by atoms with Crippen LogP contribution in [0.5, 0.6) is 0 Å². The van der Waals surface area contributed by atoms with Gasteiger partial charge in [-0.05, 0) is 50.3 Å². The van der Waals surface area contributed by atoms with E-state index in [9.17, 15) is 33.0 Å². The molecule has 322 valence electrons. The van der Waals surface area contributed by atoms with E-state index >= 15 is 0 Å². The largest absolute Gasteiger partial charge is 0.490 e. The van der Waals surface area contributed by atoms with Gasteiger partial charge in [0.1, 0.15) is 18.3 Å². The molecule has 11 nitrogen and oxygen atoms in total. The number of aliphatic hydroxyl groups excluding tert-OH is 2. The van der Waals surface area contributed by atoms with Gasteiger partial charge >= 0.3 is 23.8 Å². The second-order valence-electron chi connectivity index (χ2n) is 16.7. The van der Waals surface area contributed by atoms with E-state index in [2.05, 4.69) is 10.2 Å². The van der Waals surface area contributed by atoms with Crippen LogP contribution in [0.15, 0.2) is 81.8 Å². The molecule has 1 aromatic carbocycles. The molecule has 3 aliphatic rings. The van der Waals surface area contributed by atoms with Gasteiger partial charge in [0.2, 0.25) is 5.76 Å². The third-order valence-electron chi connectivity index (χ3n) is 11.8. The normalized spacial score (nSPS) is 34.5. The van der Waals surface area contributed by atoms with Crippen molar-refractivity contribution in [2.45, 2.75) is 130 Å². The molecular formula is C44H61F3N2O9. The number of esters is 2. The van der Waals surface area contributed by atoms with E-state index in [0.29, 0.717) is 12.0 Å².